The lowest BCUT2D eigenvalue weighted by atomic mass is 10.1. The minimum absolute atomic E-state index is 0.510. The van der Waals surface area contributed by atoms with Crippen LogP contribution in [0.5, 0.6) is 0 Å². The minimum atomic E-state index is -0.962. The predicted octanol–water partition coefficient (Wildman–Crippen LogP) is 4.19. The minimum Gasteiger partial charge on any atom is -0.480 e. The van der Waals surface area contributed by atoms with Crippen LogP contribution in [0, 0.1) is 0 Å². The highest BCUT2D eigenvalue weighted by Gasteiger charge is 2.22. The van der Waals surface area contributed by atoms with Crippen molar-refractivity contribution in [3.63, 3.8) is 0 Å². The van der Waals surface area contributed by atoms with E-state index >= 15 is 0 Å². The predicted molar refractivity (Wildman–Crippen MR) is 67.6 cm³/mol. The summed E-state index contributed by atoms with van der Waals surface area (Å²) in [6.45, 7) is 2.19. The molecule has 5 heteroatoms. The van der Waals surface area contributed by atoms with Crippen LogP contribution in [0.25, 0.3) is 0 Å². The quantitative estimate of drug-likeness (QED) is 0.478. The molecule has 0 rings (SSSR count). The number of carbonyl (C=O) groups is 1. The lowest BCUT2D eigenvalue weighted by molar-refractivity contribution is -0.140. The summed E-state index contributed by atoms with van der Waals surface area (Å²) in [5.74, 6) is -0.962. The first kappa shape index (κ1) is 16.0. The Kier molecular flexibility index (Phi) is 10.2. The molecule has 1 N–H and O–H groups in total. The fourth-order valence-electron chi connectivity index (χ4n) is 1.60. The molecule has 0 bridgehead atoms. The van der Waals surface area contributed by atoms with E-state index in [4.69, 9.17) is 28.7 Å². The van der Waals surface area contributed by atoms with E-state index in [1.807, 2.05) is 0 Å². The summed E-state index contributed by atoms with van der Waals surface area (Å²) in [6.07, 6.45) is 8.62. The van der Waals surface area contributed by atoms with Gasteiger partial charge in [0.1, 0.15) is 6.04 Å². The maximum atomic E-state index is 10.7. The summed E-state index contributed by atoms with van der Waals surface area (Å²) in [5.41, 5.74) is 0. The van der Waals surface area contributed by atoms with Crippen LogP contribution in [0.2, 0.25) is 0 Å². The van der Waals surface area contributed by atoms with Gasteiger partial charge in [0.25, 0.3) is 0 Å². The molecule has 0 saturated heterocycles. The van der Waals surface area contributed by atoms with Gasteiger partial charge in [-0.05, 0) is 30.0 Å². The average Bonchev–Trinajstić information content (AvgIpc) is 2.21. The summed E-state index contributed by atoms with van der Waals surface area (Å²) in [7, 11) is 0. The number of halogens is 2. The number of rotatable bonds is 10. The van der Waals surface area contributed by atoms with E-state index in [0.29, 0.717) is 6.42 Å². The van der Waals surface area contributed by atoms with E-state index in [1.54, 1.807) is 0 Å². The molecule has 0 fully saturated rings. The monoisotopic (exact) mass is 269 g/mol. The first-order valence-corrected chi connectivity index (χ1v) is 6.60. The highest BCUT2D eigenvalue weighted by molar-refractivity contribution is 6.34. The topological polar surface area (TPSA) is 40.5 Å². The second kappa shape index (κ2) is 10.2. The Morgan fingerprint density at radius 1 is 1.12 bits per heavy atom. The standard InChI is InChI=1S/C11H21Cl2NO2/c1-2-3-4-5-6-7-8-9-10(11(15)16)14(12)13/h10H,2-9H2,1H3,(H,15,16). The summed E-state index contributed by atoms with van der Waals surface area (Å²) in [4.78, 5) is 10.7. The lowest BCUT2D eigenvalue weighted by Crippen LogP contribution is -2.29. The molecule has 1 unspecified atom stereocenters. The fraction of sp³-hybridized carbons (Fsp3) is 0.909. The van der Waals surface area contributed by atoms with Gasteiger partial charge in [-0.1, -0.05) is 51.9 Å². The number of unbranched alkanes of at least 4 members (excludes halogenated alkanes) is 6. The van der Waals surface area contributed by atoms with Gasteiger partial charge >= 0.3 is 5.97 Å². The number of nitrogens with zero attached hydrogens (tertiary/aromatic N) is 1. The first-order valence-electron chi connectivity index (χ1n) is 5.93. The molecule has 0 spiro atoms. The van der Waals surface area contributed by atoms with Gasteiger partial charge < -0.3 is 5.11 Å². The molecule has 0 aliphatic rings. The number of hydrogen-bond acceptors (Lipinski definition) is 2. The number of carboxylic acids is 1. The zero-order valence-electron chi connectivity index (χ0n) is 9.79. The molecule has 0 aromatic heterocycles. The molecule has 0 heterocycles. The number of hydrogen-bond donors (Lipinski definition) is 1. The summed E-state index contributed by atoms with van der Waals surface area (Å²) in [6, 6.07) is -0.779. The van der Waals surface area contributed by atoms with Gasteiger partial charge in [0, 0.05) is 0 Å². The second-order valence-electron chi connectivity index (χ2n) is 4.02. The molecule has 0 aliphatic heterocycles. The van der Waals surface area contributed by atoms with Crippen LogP contribution in [-0.2, 0) is 4.79 Å². The van der Waals surface area contributed by atoms with Gasteiger partial charge in [-0.25, -0.2) is 0 Å². The normalized spacial score (nSPS) is 13.0. The van der Waals surface area contributed by atoms with E-state index in [1.165, 1.54) is 25.7 Å². The van der Waals surface area contributed by atoms with Crippen LogP contribution >= 0.6 is 23.6 Å². The van der Waals surface area contributed by atoms with Crippen molar-refractivity contribution in [2.24, 2.45) is 0 Å². The summed E-state index contributed by atoms with van der Waals surface area (Å²) in [5, 5.41) is 8.81. The van der Waals surface area contributed by atoms with E-state index < -0.39 is 12.0 Å². The Morgan fingerprint density at radius 2 is 1.62 bits per heavy atom. The Morgan fingerprint density at radius 3 is 2.06 bits per heavy atom. The Hall–Kier alpha value is 0.01000. The lowest BCUT2D eigenvalue weighted by Gasteiger charge is -2.14. The van der Waals surface area contributed by atoms with Crippen LogP contribution in [-0.4, -0.2) is 21.1 Å². The maximum absolute atomic E-state index is 10.7. The van der Waals surface area contributed by atoms with Crippen molar-refractivity contribution >= 4 is 29.5 Å². The molecule has 96 valence electrons. The number of aliphatic carboxylic acids is 1. The third kappa shape index (κ3) is 8.20. The molecule has 0 saturated carbocycles. The molecule has 1 atom stereocenters. The molecule has 0 aromatic rings. The highest BCUT2D eigenvalue weighted by atomic mass is 35.5. The third-order valence-corrected chi connectivity index (χ3v) is 3.07. The molecule has 0 radical (unpaired) electrons. The summed E-state index contributed by atoms with van der Waals surface area (Å²) >= 11 is 10.9. The van der Waals surface area contributed by atoms with Crippen LogP contribution < -0.4 is 0 Å². The van der Waals surface area contributed by atoms with E-state index in [0.717, 1.165) is 23.2 Å². The van der Waals surface area contributed by atoms with Gasteiger partial charge in [-0.15, -0.1) is 3.94 Å². The first-order chi connectivity index (χ1) is 7.59. The van der Waals surface area contributed by atoms with Crippen molar-refractivity contribution in [3.8, 4) is 0 Å². The largest absolute Gasteiger partial charge is 0.480 e. The Balaban J connectivity index is 3.45. The molecule has 0 aliphatic carbocycles. The average molecular weight is 270 g/mol. The Bertz CT molecular complexity index is 189. The van der Waals surface area contributed by atoms with Gasteiger partial charge in [0.05, 0.1) is 0 Å². The van der Waals surface area contributed by atoms with Crippen molar-refractivity contribution < 1.29 is 9.90 Å². The molecular formula is C11H21Cl2NO2. The van der Waals surface area contributed by atoms with Crippen molar-refractivity contribution in [1.29, 1.82) is 0 Å². The van der Waals surface area contributed by atoms with Gasteiger partial charge in [-0.2, -0.15) is 0 Å². The van der Waals surface area contributed by atoms with Crippen LogP contribution in [0.4, 0.5) is 0 Å². The second-order valence-corrected chi connectivity index (χ2v) is 4.92. The molecule has 3 nitrogen and oxygen atoms in total. The zero-order valence-corrected chi connectivity index (χ0v) is 11.3. The highest BCUT2D eigenvalue weighted by Crippen LogP contribution is 2.16. The van der Waals surface area contributed by atoms with E-state index in [9.17, 15) is 4.79 Å². The molecule has 16 heavy (non-hydrogen) atoms. The fourth-order valence-corrected chi connectivity index (χ4v) is 1.96. The van der Waals surface area contributed by atoms with E-state index in [2.05, 4.69) is 6.92 Å². The van der Waals surface area contributed by atoms with Crippen LogP contribution in [0.3, 0.4) is 0 Å². The van der Waals surface area contributed by atoms with Crippen LogP contribution in [0.15, 0.2) is 0 Å². The van der Waals surface area contributed by atoms with Crippen molar-refractivity contribution in [2.75, 3.05) is 0 Å². The third-order valence-electron chi connectivity index (χ3n) is 2.60. The zero-order chi connectivity index (χ0) is 12.4. The van der Waals surface area contributed by atoms with E-state index in [-0.39, 0.29) is 0 Å². The number of carboxylic acid groups (broad SMARTS) is 1. The summed E-state index contributed by atoms with van der Waals surface area (Å²) < 4.78 is 0.736. The SMILES string of the molecule is CCCCCCCCCC(C(=O)O)N(Cl)Cl. The maximum Gasteiger partial charge on any atom is 0.323 e. The smallest absolute Gasteiger partial charge is 0.323 e. The van der Waals surface area contributed by atoms with Crippen molar-refractivity contribution in [1.82, 2.24) is 3.94 Å². The molecule has 0 aromatic carbocycles. The van der Waals surface area contributed by atoms with Gasteiger partial charge in [0.15, 0.2) is 0 Å². The van der Waals surface area contributed by atoms with Crippen molar-refractivity contribution in [2.45, 2.75) is 64.3 Å². The van der Waals surface area contributed by atoms with Crippen LogP contribution in [0.1, 0.15) is 58.3 Å². The van der Waals surface area contributed by atoms with Gasteiger partial charge in [-0.3, -0.25) is 4.79 Å². The molecule has 0 amide bonds. The molecular weight excluding hydrogens is 249 g/mol. The van der Waals surface area contributed by atoms with Crippen molar-refractivity contribution in [3.05, 3.63) is 0 Å². The Labute approximate surface area is 108 Å². The van der Waals surface area contributed by atoms with Gasteiger partial charge in [0.2, 0.25) is 0 Å².